The summed E-state index contributed by atoms with van der Waals surface area (Å²) in [5.41, 5.74) is 4.94. The highest BCUT2D eigenvalue weighted by Gasteiger charge is 2.22. The Kier molecular flexibility index (Phi) is 7.93. The average Bonchev–Trinajstić information content (AvgIpc) is 2.53. The van der Waals surface area contributed by atoms with Crippen LogP contribution in [0.4, 0.5) is 0 Å². The standard InChI is InChI=1S/C20H27NO2S/c1-6-7-8-15-21(16-9-10-19(5)17(2)3)24(22,23)20-13-11-18(4)12-14-20/h6,8-14,17H,5,15-16H2,1-4H3/b10-9+. The number of allylic oxidation sites excluding steroid dienone is 2. The van der Waals surface area contributed by atoms with E-state index in [-0.39, 0.29) is 6.54 Å². The van der Waals surface area contributed by atoms with Gasteiger partial charge in [0.25, 0.3) is 0 Å². The number of benzene rings is 1. The van der Waals surface area contributed by atoms with Gasteiger partial charge in [-0.15, -0.1) is 5.73 Å². The molecule has 0 aromatic heterocycles. The zero-order valence-electron chi connectivity index (χ0n) is 15.0. The molecule has 0 N–H and O–H groups in total. The molecule has 0 fully saturated rings. The molecule has 3 nitrogen and oxygen atoms in total. The quantitative estimate of drug-likeness (QED) is 0.514. The molecule has 0 heterocycles. The molecule has 4 heteroatoms. The monoisotopic (exact) mass is 345 g/mol. The number of rotatable bonds is 8. The third-order valence-electron chi connectivity index (χ3n) is 3.62. The van der Waals surface area contributed by atoms with Crippen LogP contribution in [0.3, 0.4) is 0 Å². The Labute approximate surface area is 146 Å². The average molecular weight is 346 g/mol. The summed E-state index contributed by atoms with van der Waals surface area (Å²) >= 11 is 0. The van der Waals surface area contributed by atoms with E-state index in [0.29, 0.717) is 17.4 Å². The third-order valence-corrected chi connectivity index (χ3v) is 5.47. The molecular weight excluding hydrogens is 318 g/mol. The first-order chi connectivity index (χ1) is 11.3. The van der Waals surface area contributed by atoms with Crippen molar-refractivity contribution in [2.75, 3.05) is 13.1 Å². The van der Waals surface area contributed by atoms with Gasteiger partial charge in [-0.2, -0.15) is 4.31 Å². The van der Waals surface area contributed by atoms with Gasteiger partial charge in [0, 0.05) is 13.1 Å². The maximum absolute atomic E-state index is 12.9. The van der Waals surface area contributed by atoms with Crippen molar-refractivity contribution >= 4 is 10.0 Å². The van der Waals surface area contributed by atoms with E-state index in [2.05, 4.69) is 26.2 Å². The Bertz CT molecular complexity index is 734. The highest BCUT2D eigenvalue weighted by Crippen LogP contribution is 2.17. The Balaban J connectivity index is 3.05. The van der Waals surface area contributed by atoms with E-state index < -0.39 is 10.0 Å². The zero-order valence-corrected chi connectivity index (χ0v) is 15.8. The van der Waals surface area contributed by atoms with Crippen molar-refractivity contribution in [2.45, 2.75) is 32.6 Å². The number of nitrogens with zero attached hydrogens (tertiary/aromatic N) is 1. The van der Waals surface area contributed by atoms with Gasteiger partial charge in [-0.3, -0.25) is 0 Å². The summed E-state index contributed by atoms with van der Waals surface area (Å²) in [7, 11) is -3.55. The molecule has 0 atom stereocenters. The van der Waals surface area contributed by atoms with E-state index in [0.717, 1.165) is 11.1 Å². The topological polar surface area (TPSA) is 37.4 Å². The van der Waals surface area contributed by atoms with Crippen LogP contribution in [-0.4, -0.2) is 25.8 Å². The minimum Gasteiger partial charge on any atom is -0.207 e. The Morgan fingerprint density at radius 2 is 1.88 bits per heavy atom. The van der Waals surface area contributed by atoms with Crippen molar-refractivity contribution < 1.29 is 8.42 Å². The minimum atomic E-state index is -3.55. The lowest BCUT2D eigenvalue weighted by Gasteiger charge is -2.19. The van der Waals surface area contributed by atoms with Crippen LogP contribution in [0, 0.1) is 12.8 Å². The number of hydrogen-bond donors (Lipinski definition) is 0. The van der Waals surface area contributed by atoms with Crippen LogP contribution in [0.1, 0.15) is 26.3 Å². The Morgan fingerprint density at radius 3 is 2.42 bits per heavy atom. The molecule has 130 valence electrons. The summed E-state index contributed by atoms with van der Waals surface area (Å²) in [4.78, 5) is 0.304. The second kappa shape index (κ2) is 9.43. The van der Waals surface area contributed by atoms with Crippen molar-refractivity contribution in [3.8, 4) is 0 Å². The van der Waals surface area contributed by atoms with Crippen LogP contribution in [0.5, 0.6) is 0 Å². The summed E-state index contributed by atoms with van der Waals surface area (Å²) < 4.78 is 27.1. The van der Waals surface area contributed by atoms with Gasteiger partial charge in [-0.25, -0.2) is 8.42 Å². The van der Waals surface area contributed by atoms with Crippen molar-refractivity contribution in [1.29, 1.82) is 0 Å². The fourth-order valence-corrected chi connectivity index (χ4v) is 3.25. The molecule has 1 aromatic carbocycles. The molecule has 0 saturated heterocycles. The van der Waals surface area contributed by atoms with E-state index in [1.54, 1.807) is 24.3 Å². The number of sulfonamides is 1. The smallest absolute Gasteiger partial charge is 0.207 e. The molecule has 0 aliphatic rings. The molecule has 0 radical (unpaired) electrons. The lowest BCUT2D eigenvalue weighted by molar-refractivity contribution is 0.473. The Hall–Kier alpha value is -1.87. The van der Waals surface area contributed by atoms with Gasteiger partial charge in [-0.1, -0.05) is 55.8 Å². The first-order valence-electron chi connectivity index (χ1n) is 8.06. The maximum atomic E-state index is 12.9. The molecule has 1 rings (SSSR count). The summed E-state index contributed by atoms with van der Waals surface area (Å²) in [6, 6.07) is 6.91. The van der Waals surface area contributed by atoms with Crippen molar-refractivity contribution in [2.24, 2.45) is 5.92 Å². The van der Waals surface area contributed by atoms with Crippen molar-refractivity contribution in [1.82, 2.24) is 4.31 Å². The maximum Gasteiger partial charge on any atom is 0.243 e. The van der Waals surface area contributed by atoms with E-state index in [1.165, 1.54) is 4.31 Å². The van der Waals surface area contributed by atoms with Gasteiger partial charge >= 0.3 is 0 Å². The summed E-state index contributed by atoms with van der Waals surface area (Å²) in [5.74, 6) is 0.339. The van der Waals surface area contributed by atoms with Crippen molar-refractivity contribution in [3.05, 3.63) is 72.0 Å². The highest BCUT2D eigenvalue weighted by molar-refractivity contribution is 7.89. The van der Waals surface area contributed by atoms with Crippen LogP contribution in [0.2, 0.25) is 0 Å². The molecule has 0 amide bonds. The van der Waals surface area contributed by atoms with Gasteiger partial charge in [0.2, 0.25) is 10.0 Å². The normalized spacial score (nSPS) is 11.8. The summed E-state index contributed by atoms with van der Waals surface area (Å²) in [6.07, 6.45) is 7.21. The first-order valence-corrected chi connectivity index (χ1v) is 9.50. The van der Waals surface area contributed by atoms with Crippen LogP contribution in [0.25, 0.3) is 0 Å². The Morgan fingerprint density at radius 1 is 1.25 bits per heavy atom. The number of hydrogen-bond acceptors (Lipinski definition) is 2. The summed E-state index contributed by atoms with van der Waals surface area (Å²) in [6.45, 7) is 12.4. The lowest BCUT2D eigenvalue weighted by atomic mass is 10.1. The molecule has 0 spiro atoms. The van der Waals surface area contributed by atoms with Gasteiger partial charge in [0.05, 0.1) is 4.90 Å². The predicted molar refractivity (Wildman–Crippen MR) is 101 cm³/mol. The molecule has 0 aliphatic heterocycles. The van der Waals surface area contributed by atoms with Crippen LogP contribution in [0.15, 0.2) is 71.3 Å². The lowest BCUT2D eigenvalue weighted by Crippen LogP contribution is -2.31. The summed E-state index contributed by atoms with van der Waals surface area (Å²) in [5, 5.41) is 0. The molecule has 0 unspecified atom stereocenters. The van der Waals surface area contributed by atoms with Gasteiger partial charge < -0.3 is 0 Å². The molecule has 0 aliphatic carbocycles. The first kappa shape index (κ1) is 20.2. The van der Waals surface area contributed by atoms with E-state index in [1.807, 2.05) is 38.1 Å². The molecule has 1 aromatic rings. The predicted octanol–water partition coefficient (Wildman–Crippen LogP) is 4.49. The second-order valence-electron chi connectivity index (χ2n) is 5.93. The van der Waals surface area contributed by atoms with E-state index in [4.69, 9.17) is 0 Å². The third kappa shape index (κ3) is 5.97. The molecule has 0 saturated carbocycles. The van der Waals surface area contributed by atoms with Crippen molar-refractivity contribution in [3.63, 3.8) is 0 Å². The highest BCUT2D eigenvalue weighted by atomic mass is 32.2. The molecule has 24 heavy (non-hydrogen) atoms. The molecular formula is C20H27NO2S. The number of aryl methyl sites for hydroxylation is 1. The van der Waals surface area contributed by atoms with Gasteiger partial charge in [-0.05, 0) is 44.1 Å². The largest absolute Gasteiger partial charge is 0.243 e. The molecule has 0 bridgehead atoms. The van der Waals surface area contributed by atoms with Gasteiger partial charge in [0.15, 0.2) is 0 Å². The second-order valence-corrected chi connectivity index (χ2v) is 7.86. The van der Waals surface area contributed by atoms with Crippen LogP contribution >= 0.6 is 0 Å². The van der Waals surface area contributed by atoms with E-state index in [9.17, 15) is 8.42 Å². The fraction of sp³-hybridized carbons (Fsp3) is 0.350. The zero-order chi connectivity index (χ0) is 18.2. The fourth-order valence-electron chi connectivity index (χ4n) is 1.92. The van der Waals surface area contributed by atoms with Crippen LogP contribution < -0.4 is 0 Å². The van der Waals surface area contributed by atoms with Gasteiger partial charge in [0.1, 0.15) is 0 Å². The van der Waals surface area contributed by atoms with Crippen LogP contribution in [-0.2, 0) is 10.0 Å². The van der Waals surface area contributed by atoms with E-state index >= 15 is 0 Å². The minimum absolute atomic E-state index is 0.277. The SMILES string of the molecule is C=C(/C=C/CN(CC=C=CC)S(=O)(=O)c1ccc(C)cc1)C(C)C.